The summed E-state index contributed by atoms with van der Waals surface area (Å²) >= 11 is 0. The molecule has 1 fully saturated rings. The highest BCUT2D eigenvalue weighted by Crippen LogP contribution is 2.17. The summed E-state index contributed by atoms with van der Waals surface area (Å²) < 4.78 is 5.59. The van der Waals surface area contributed by atoms with E-state index in [9.17, 15) is 0 Å². The van der Waals surface area contributed by atoms with Crippen LogP contribution in [0.1, 0.15) is 39.5 Å². The van der Waals surface area contributed by atoms with E-state index in [0.29, 0.717) is 12.1 Å². The van der Waals surface area contributed by atoms with Gasteiger partial charge in [-0.25, -0.2) is 0 Å². The second-order valence-electron chi connectivity index (χ2n) is 5.92. The van der Waals surface area contributed by atoms with Gasteiger partial charge in [-0.3, -0.25) is 4.90 Å². The van der Waals surface area contributed by atoms with Crippen LogP contribution in [0, 0.1) is 5.92 Å². The van der Waals surface area contributed by atoms with Crippen LogP contribution >= 0.6 is 0 Å². The molecule has 3 heteroatoms. The Morgan fingerprint density at radius 2 is 2.11 bits per heavy atom. The van der Waals surface area contributed by atoms with Gasteiger partial charge in [0.1, 0.15) is 6.10 Å². The van der Waals surface area contributed by atoms with Gasteiger partial charge in [0.2, 0.25) is 0 Å². The van der Waals surface area contributed by atoms with Gasteiger partial charge in [0.05, 0.1) is 6.26 Å². The highest BCUT2D eigenvalue weighted by Gasteiger charge is 2.24. The van der Waals surface area contributed by atoms with Crippen molar-refractivity contribution in [3.8, 4) is 0 Å². The molecular weight excluding hydrogens is 224 g/mol. The number of nitrogens with zero attached hydrogens (tertiary/aromatic N) is 1. The summed E-state index contributed by atoms with van der Waals surface area (Å²) in [7, 11) is 0. The molecule has 2 aliphatic rings. The van der Waals surface area contributed by atoms with Gasteiger partial charge < -0.3 is 10.1 Å². The van der Waals surface area contributed by atoms with Crippen LogP contribution in [0.15, 0.2) is 12.3 Å². The van der Waals surface area contributed by atoms with E-state index in [1.807, 2.05) is 6.26 Å². The zero-order valence-electron chi connectivity index (χ0n) is 11.9. The van der Waals surface area contributed by atoms with E-state index >= 15 is 0 Å². The molecule has 2 heterocycles. The standard InChI is InChI=1S/C15H28N2O/c1-13(2)15(17-8-4-5-9-17)12-16-11-14-7-3-6-10-18-14/h6,10,13-16H,3-5,7-9,11-12H2,1-2H3. The largest absolute Gasteiger partial charge is 0.497 e. The van der Waals surface area contributed by atoms with Crippen LogP contribution in [-0.4, -0.2) is 43.2 Å². The molecule has 0 spiro atoms. The lowest BCUT2D eigenvalue weighted by Crippen LogP contribution is -2.45. The molecule has 0 saturated carbocycles. The van der Waals surface area contributed by atoms with Gasteiger partial charge in [-0.05, 0) is 50.8 Å². The monoisotopic (exact) mass is 252 g/mol. The smallest absolute Gasteiger partial charge is 0.110 e. The van der Waals surface area contributed by atoms with E-state index in [-0.39, 0.29) is 0 Å². The molecule has 1 saturated heterocycles. The molecule has 2 unspecified atom stereocenters. The molecule has 2 atom stereocenters. The molecule has 2 aliphatic heterocycles. The Hall–Kier alpha value is -0.540. The number of ether oxygens (including phenoxy) is 1. The summed E-state index contributed by atoms with van der Waals surface area (Å²) in [6.45, 7) is 9.33. The third-order valence-corrected chi connectivity index (χ3v) is 4.13. The average molecular weight is 252 g/mol. The van der Waals surface area contributed by atoms with Crippen LogP contribution in [-0.2, 0) is 4.74 Å². The van der Waals surface area contributed by atoms with Crippen LogP contribution in [0.25, 0.3) is 0 Å². The number of hydrogen-bond donors (Lipinski definition) is 1. The predicted molar refractivity (Wildman–Crippen MR) is 75.5 cm³/mol. The summed E-state index contributed by atoms with van der Waals surface area (Å²) in [6, 6.07) is 0.687. The number of rotatable bonds is 6. The van der Waals surface area contributed by atoms with Gasteiger partial charge in [-0.1, -0.05) is 13.8 Å². The van der Waals surface area contributed by atoms with E-state index in [4.69, 9.17) is 4.74 Å². The summed E-state index contributed by atoms with van der Waals surface area (Å²) in [4.78, 5) is 2.65. The highest BCUT2D eigenvalue weighted by atomic mass is 16.5. The Kier molecular flexibility index (Phi) is 5.51. The van der Waals surface area contributed by atoms with Crippen molar-refractivity contribution in [1.82, 2.24) is 10.2 Å². The van der Waals surface area contributed by atoms with Crippen LogP contribution in [0.3, 0.4) is 0 Å². The van der Waals surface area contributed by atoms with Gasteiger partial charge in [0.25, 0.3) is 0 Å². The Balaban J connectivity index is 1.70. The molecule has 3 nitrogen and oxygen atoms in total. The number of nitrogens with one attached hydrogen (secondary N) is 1. The first-order valence-corrected chi connectivity index (χ1v) is 7.52. The first-order chi connectivity index (χ1) is 8.77. The Labute approximate surface area is 112 Å². The number of likely N-dealkylation sites (tertiary alicyclic amines) is 1. The highest BCUT2D eigenvalue weighted by molar-refractivity contribution is 4.85. The summed E-state index contributed by atoms with van der Waals surface area (Å²) in [5.41, 5.74) is 0. The van der Waals surface area contributed by atoms with Crippen molar-refractivity contribution in [2.75, 3.05) is 26.2 Å². The maximum absolute atomic E-state index is 5.59. The van der Waals surface area contributed by atoms with Gasteiger partial charge >= 0.3 is 0 Å². The lowest BCUT2D eigenvalue weighted by molar-refractivity contribution is 0.115. The van der Waals surface area contributed by atoms with Gasteiger partial charge in [-0.2, -0.15) is 0 Å². The maximum atomic E-state index is 5.59. The zero-order valence-corrected chi connectivity index (χ0v) is 11.9. The first-order valence-electron chi connectivity index (χ1n) is 7.52. The van der Waals surface area contributed by atoms with Crippen molar-refractivity contribution >= 4 is 0 Å². The zero-order chi connectivity index (χ0) is 12.8. The topological polar surface area (TPSA) is 24.5 Å². The fraction of sp³-hybridized carbons (Fsp3) is 0.867. The molecule has 0 aliphatic carbocycles. The Morgan fingerprint density at radius 3 is 2.72 bits per heavy atom. The molecule has 0 aromatic carbocycles. The average Bonchev–Trinajstić information content (AvgIpc) is 2.89. The molecular formula is C15H28N2O. The SMILES string of the molecule is CC(C)C(CNCC1CCC=CO1)N1CCCC1. The van der Waals surface area contributed by atoms with E-state index in [0.717, 1.165) is 31.8 Å². The summed E-state index contributed by atoms with van der Waals surface area (Å²) in [5.74, 6) is 0.725. The third kappa shape index (κ3) is 3.99. The minimum absolute atomic E-state index is 0.376. The fourth-order valence-corrected chi connectivity index (χ4v) is 2.99. The van der Waals surface area contributed by atoms with Gasteiger partial charge in [0, 0.05) is 19.1 Å². The predicted octanol–water partition coefficient (Wildman–Crippen LogP) is 2.39. The third-order valence-electron chi connectivity index (χ3n) is 4.13. The van der Waals surface area contributed by atoms with Crippen molar-refractivity contribution in [2.45, 2.75) is 51.7 Å². The Bertz CT molecular complexity index is 259. The number of allylic oxidation sites excluding steroid dienone is 1. The van der Waals surface area contributed by atoms with E-state index < -0.39 is 0 Å². The van der Waals surface area contributed by atoms with Gasteiger partial charge in [-0.15, -0.1) is 0 Å². The summed E-state index contributed by atoms with van der Waals surface area (Å²) in [5, 5.41) is 3.61. The van der Waals surface area contributed by atoms with Crippen molar-refractivity contribution in [1.29, 1.82) is 0 Å². The van der Waals surface area contributed by atoms with Crippen molar-refractivity contribution in [2.24, 2.45) is 5.92 Å². The molecule has 18 heavy (non-hydrogen) atoms. The van der Waals surface area contributed by atoms with Crippen LogP contribution in [0.5, 0.6) is 0 Å². The molecule has 0 amide bonds. The van der Waals surface area contributed by atoms with Crippen molar-refractivity contribution in [3.05, 3.63) is 12.3 Å². The van der Waals surface area contributed by atoms with E-state index in [1.54, 1.807) is 0 Å². The van der Waals surface area contributed by atoms with Crippen molar-refractivity contribution in [3.63, 3.8) is 0 Å². The molecule has 0 radical (unpaired) electrons. The molecule has 0 aromatic rings. The first kappa shape index (κ1) is 13.9. The lowest BCUT2D eigenvalue weighted by Gasteiger charge is -2.31. The van der Waals surface area contributed by atoms with E-state index in [2.05, 4.69) is 30.1 Å². The fourth-order valence-electron chi connectivity index (χ4n) is 2.99. The lowest BCUT2D eigenvalue weighted by atomic mass is 10.0. The van der Waals surface area contributed by atoms with E-state index in [1.165, 1.54) is 25.9 Å². The Morgan fingerprint density at radius 1 is 1.33 bits per heavy atom. The van der Waals surface area contributed by atoms with Crippen LogP contribution in [0.2, 0.25) is 0 Å². The molecule has 104 valence electrons. The second-order valence-corrected chi connectivity index (χ2v) is 5.92. The second kappa shape index (κ2) is 7.15. The minimum atomic E-state index is 0.376. The number of hydrogen-bond acceptors (Lipinski definition) is 3. The minimum Gasteiger partial charge on any atom is -0.497 e. The molecule has 0 bridgehead atoms. The normalized spacial score (nSPS) is 26.5. The van der Waals surface area contributed by atoms with Crippen LogP contribution in [0.4, 0.5) is 0 Å². The van der Waals surface area contributed by atoms with Crippen molar-refractivity contribution < 1.29 is 4.74 Å². The van der Waals surface area contributed by atoms with Crippen LogP contribution < -0.4 is 5.32 Å². The summed E-state index contributed by atoms with van der Waals surface area (Å²) in [6.07, 6.45) is 9.40. The van der Waals surface area contributed by atoms with Gasteiger partial charge in [0.15, 0.2) is 0 Å². The molecule has 0 aromatic heterocycles. The molecule has 1 N–H and O–H groups in total. The maximum Gasteiger partial charge on any atom is 0.110 e. The quantitative estimate of drug-likeness (QED) is 0.785. The molecule has 2 rings (SSSR count).